The van der Waals surface area contributed by atoms with E-state index in [1.807, 2.05) is 66.8 Å². The zero-order chi connectivity index (χ0) is 18.1. The Hall–Kier alpha value is -3.07. The molecule has 0 saturated heterocycles. The lowest BCUT2D eigenvalue weighted by Crippen LogP contribution is -2.05. The molecular formula is C23H15F3. The van der Waals surface area contributed by atoms with E-state index >= 15 is 0 Å². The van der Waals surface area contributed by atoms with Crippen molar-refractivity contribution in [3.05, 3.63) is 113 Å². The molecule has 0 spiro atoms. The lowest BCUT2D eigenvalue weighted by molar-refractivity contribution is -0.137. The van der Waals surface area contributed by atoms with E-state index in [-0.39, 0.29) is 0 Å². The van der Waals surface area contributed by atoms with E-state index in [0.29, 0.717) is 5.56 Å². The summed E-state index contributed by atoms with van der Waals surface area (Å²) in [4.78, 5) is 0. The van der Waals surface area contributed by atoms with E-state index in [2.05, 4.69) is 0 Å². The van der Waals surface area contributed by atoms with E-state index in [1.54, 1.807) is 6.07 Å². The van der Waals surface area contributed by atoms with Gasteiger partial charge in [0.15, 0.2) is 0 Å². The van der Waals surface area contributed by atoms with Gasteiger partial charge in [0.1, 0.15) is 0 Å². The van der Waals surface area contributed by atoms with Gasteiger partial charge in [0.25, 0.3) is 0 Å². The minimum absolute atomic E-state index is 0.558. The number of halogens is 3. The van der Waals surface area contributed by atoms with Gasteiger partial charge in [0.05, 0.1) is 5.56 Å². The lowest BCUT2D eigenvalue weighted by Gasteiger charge is -2.16. The topological polar surface area (TPSA) is 0 Å². The maximum absolute atomic E-state index is 13.2. The molecule has 4 rings (SSSR count). The molecule has 1 aliphatic rings. The fourth-order valence-corrected chi connectivity index (χ4v) is 3.31. The highest BCUT2D eigenvalue weighted by molar-refractivity contribution is 6.00. The lowest BCUT2D eigenvalue weighted by atomic mass is 9.89. The first-order valence-corrected chi connectivity index (χ1v) is 8.29. The predicted molar refractivity (Wildman–Crippen MR) is 99.7 cm³/mol. The highest BCUT2D eigenvalue weighted by Crippen LogP contribution is 2.37. The molecule has 26 heavy (non-hydrogen) atoms. The molecule has 0 aliphatic heterocycles. The van der Waals surface area contributed by atoms with Crippen LogP contribution in [0.1, 0.15) is 16.7 Å². The van der Waals surface area contributed by atoms with E-state index in [4.69, 9.17) is 0 Å². The van der Waals surface area contributed by atoms with Crippen LogP contribution in [-0.2, 0) is 6.18 Å². The monoisotopic (exact) mass is 348 g/mol. The largest absolute Gasteiger partial charge is 0.416 e. The zero-order valence-corrected chi connectivity index (χ0v) is 13.8. The summed E-state index contributed by atoms with van der Waals surface area (Å²) in [6, 6.07) is 19.4. The molecule has 0 nitrogen and oxygen atoms in total. The van der Waals surface area contributed by atoms with Crippen molar-refractivity contribution in [3.63, 3.8) is 0 Å². The van der Waals surface area contributed by atoms with Gasteiger partial charge in [-0.2, -0.15) is 13.2 Å². The summed E-state index contributed by atoms with van der Waals surface area (Å²) < 4.78 is 39.7. The molecule has 0 unspecified atom stereocenters. The average Bonchev–Trinajstić information content (AvgIpc) is 3.16. The van der Waals surface area contributed by atoms with Crippen molar-refractivity contribution < 1.29 is 13.2 Å². The van der Waals surface area contributed by atoms with Crippen molar-refractivity contribution in [1.29, 1.82) is 0 Å². The van der Waals surface area contributed by atoms with E-state index < -0.39 is 11.7 Å². The van der Waals surface area contributed by atoms with Crippen LogP contribution in [0.3, 0.4) is 0 Å². The summed E-state index contributed by atoms with van der Waals surface area (Å²) in [6.07, 6.45) is 3.28. The molecule has 1 aliphatic carbocycles. The van der Waals surface area contributed by atoms with Crippen LogP contribution in [0.4, 0.5) is 13.2 Å². The van der Waals surface area contributed by atoms with Gasteiger partial charge in [0, 0.05) is 0 Å². The first-order chi connectivity index (χ1) is 12.5. The molecule has 0 heterocycles. The van der Waals surface area contributed by atoms with Crippen molar-refractivity contribution in [2.45, 2.75) is 6.18 Å². The Bertz CT molecular complexity index is 1050. The SMILES string of the molecule is FC(F)(F)c1cccc(C(=C2C=CC=C2)c2cccc3ccccc23)c1. The van der Waals surface area contributed by atoms with Crippen molar-refractivity contribution in [2.75, 3.05) is 0 Å². The molecule has 0 fully saturated rings. The van der Waals surface area contributed by atoms with E-state index in [0.717, 1.165) is 33.5 Å². The number of allylic oxidation sites excluding steroid dienone is 5. The van der Waals surface area contributed by atoms with Crippen molar-refractivity contribution in [3.8, 4) is 0 Å². The van der Waals surface area contributed by atoms with Gasteiger partial charge in [-0.25, -0.2) is 0 Å². The third kappa shape index (κ3) is 2.97. The predicted octanol–water partition coefficient (Wildman–Crippen LogP) is 6.79. The van der Waals surface area contributed by atoms with Crippen molar-refractivity contribution in [1.82, 2.24) is 0 Å². The van der Waals surface area contributed by atoms with E-state index in [1.165, 1.54) is 12.1 Å². The van der Waals surface area contributed by atoms with E-state index in [9.17, 15) is 13.2 Å². The number of alkyl halides is 3. The Morgan fingerprint density at radius 3 is 2.19 bits per heavy atom. The molecule has 0 saturated carbocycles. The van der Waals surface area contributed by atoms with Crippen LogP contribution in [-0.4, -0.2) is 0 Å². The first-order valence-electron chi connectivity index (χ1n) is 8.29. The number of rotatable bonds is 2. The van der Waals surface area contributed by atoms with Crippen LogP contribution in [0.15, 0.2) is 96.6 Å². The van der Waals surface area contributed by atoms with Crippen LogP contribution < -0.4 is 0 Å². The fourth-order valence-electron chi connectivity index (χ4n) is 3.31. The normalized spacial score (nSPS) is 13.6. The number of fused-ring (bicyclic) bond motifs is 1. The molecule has 0 N–H and O–H groups in total. The van der Waals surface area contributed by atoms with Crippen LogP contribution in [0.25, 0.3) is 16.3 Å². The first kappa shape index (κ1) is 16.4. The third-order valence-corrected chi connectivity index (χ3v) is 4.49. The molecule has 0 aromatic heterocycles. The van der Waals surface area contributed by atoms with Gasteiger partial charge < -0.3 is 0 Å². The Balaban J connectivity index is 2.01. The highest BCUT2D eigenvalue weighted by Gasteiger charge is 2.30. The molecule has 0 radical (unpaired) electrons. The minimum atomic E-state index is -4.37. The second-order valence-electron chi connectivity index (χ2n) is 6.15. The molecule has 3 heteroatoms. The molecule has 0 atom stereocenters. The van der Waals surface area contributed by atoms with Gasteiger partial charge in [-0.05, 0) is 45.2 Å². The maximum Gasteiger partial charge on any atom is 0.416 e. The van der Waals surface area contributed by atoms with Crippen LogP contribution in [0, 0.1) is 0 Å². The van der Waals surface area contributed by atoms with Crippen LogP contribution >= 0.6 is 0 Å². The fraction of sp³-hybridized carbons (Fsp3) is 0.0435. The maximum atomic E-state index is 13.2. The average molecular weight is 348 g/mol. The van der Waals surface area contributed by atoms with Crippen LogP contribution in [0.2, 0.25) is 0 Å². The Morgan fingerprint density at radius 2 is 1.42 bits per heavy atom. The van der Waals surface area contributed by atoms with Gasteiger partial charge in [0.2, 0.25) is 0 Å². The number of benzene rings is 3. The second-order valence-corrected chi connectivity index (χ2v) is 6.15. The van der Waals surface area contributed by atoms with Gasteiger partial charge in [-0.1, -0.05) is 78.9 Å². The Morgan fingerprint density at radius 1 is 0.731 bits per heavy atom. The number of hydrogen-bond donors (Lipinski definition) is 0. The molecular weight excluding hydrogens is 333 g/mol. The molecule has 3 aromatic carbocycles. The summed E-state index contributed by atoms with van der Waals surface area (Å²) in [5.41, 5.74) is 2.55. The van der Waals surface area contributed by atoms with Gasteiger partial charge >= 0.3 is 6.18 Å². The van der Waals surface area contributed by atoms with Gasteiger partial charge in [-0.15, -0.1) is 0 Å². The van der Waals surface area contributed by atoms with Gasteiger partial charge in [-0.3, -0.25) is 0 Å². The summed E-state index contributed by atoms with van der Waals surface area (Å²) in [7, 11) is 0. The molecule has 128 valence electrons. The summed E-state index contributed by atoms with van der Waals surface area (Å²) in [6.45, 7) is 0. The smallest absolute Gasteiger partial charge is 0.166 e. The summed E-state index contributed by atoms with van der Waals surface area (Å²) in [5.74, 6) is 0. The Kier molecular flexibility index (Phi) is 4.00. The number of hydrogen-bond acceptors (Lipinski definition) is 0. The standard InChI is InChI=1S/C23H15F3/c24-23(25,26)19-12-5-11-18(15-19)22(17-8-1-2-9-17)21-14-6-10-16-7-3-4-13-20(16)21/h1-15H. The summed E-state index contributed by atoms with van der Waals surface area (Å²) >= 11 is 0. The zero-order valence-electron chi connectivity index (χ0n) is 13.8. The Labute approximate surface area is 149 Å². The molecule has 0 amide bonds. The van der Waals surface area contributed by atoms with Crippen molar-refractivity contribution >= 4 is 16.3 Å². The quantitative estimate of drug-likeness (QED) is 0.478. The molecule has 0 bridgehead atoms. The van der Waals surface area contributed by atoms with Crippen molar-refractivity contribution in [2.24, 2.45) is 0 Å². The molecule has 3 aromatic rings. The third-order valence-electron chi connectivity index (χ3n) is 4.49. The van der Waals surface area contributed by atoms with Crippen LogP contribution in [0.5, 0.6) is 0 Å². The summed E-state index contributed by atoms with van der Waals surface area (Å²) in [5, 5.41) is 2.07. The highest BCUT2D eigenvalue weighted by atomic mass is 19.4. The minimum Gasteiger partial charge on any atom is -0.166 e. The second kappa shape index (κ2) is 6.34.